The molecule has 1 saturated carbocycles. The Labute approximate surface area is 146 Å². The third kappa shape index (κ3) is 2.50. The van der Waals surface area contributed by atoms with Gasteiger partial charge in [0.2, 0.25) is 5.95 Å². The van der Waals surface area contributed by atoms with Crippen LogP contribution in [0.3, 0.4) is 0 Å². The number of benzene rings is 1. The average Bonchev–Trinajstić information content (AvgIpc) is 3.14. The summed E-state index contributed by atoms with van der Waals surface area (Å²) in [5.74, 6) is 1.11. The molecule has 0 unspecified atom stereocenters. The standard InChI is InChI=1S/C17H14N6O3/c24-17(25)23-13-4-3-11(7-9(13)8-18-23)20-16-21-12-5-6-26-14(12)15(22-16)19-10-1-2-10/h3-8,10H,1-2H2,(H,24,25)(H2,19,20,21,22). The highest BCUT2D eigenvalue weighted by Crippen LogP contribution is 2.30. The van der Waals surface area contributed by atoms with E-state index in [1.807, 2.05) is 0 Å². The highest BCUT2D eigenvalue weighted by atomic mass is 16.4. The van der Waals surface area contributed by atoms with E-state index in [2.05, 4.69) is 25.7 Å². The van der Waals surface area contributed by atoms with E-state index < -0.39 is 6.09 Å². The molecule has 0 spiro atoms. The molecule has 3 aromatic heterocycles. The normalized spacial score (nSPS) is 14.0. The number of carbonyl (C=O) groups is 1. The molecule has 26 heavy (non-hydrogen) atoms. The second-order valence-corrected chi connectivity index (χ2v) is 6.19. The van der Waals surface area contributed by atoms with Gasteiger partial charge in [0.15, 0.2) is 11.4 Å². The highest BCUT2D eigenvalue weighted by Gasteiger charge is 2.23. The van der Waals surface area contributed by atoms with Crippen molar-refractivity contribution in [2.45, 2.75) is 18.9 Å². The summed E-state index contributed by atoms with van der Waals surface area (Å²) in [6, 6.07) is 7.49. The number of nitrogens with zero attached hydrogens (tertiary/aromatic N) is 4. The lowest BCUT2D eigenvalue weighted by Crippen LogP contribution is -2.09. The zero-order valence-corrected chi connectivity index (χ0v) is 13.5. The summed E-state index contributed by atoms with van der Waals surface area (Å²) in [5.41, 5.74) is 2.61. The number of carboxylic acid groups (broad SMARTS) is 1. The van der Waals surface area contributed by atoms with Crippen LogP contribution in [-0.2, 0) is 0 Å². The smallest absolute Gasteiger partial charge is 0.432 e. The monoisotopic (exact) mass is 350 g/mol. The number of nitrogens with one attached hydrogen (secondary N) is 2. The van der Waals surface area contributed by atoms with Gasteiger partial charge in [-0.2, -0.15) is 14.8 Å². The fourth-order valence-electron chi connectivity index (χ4n) is 2.83. The molecule has 0 aliphatic heterocycles. The first kappa shape index (κ1) is 14.7. The predicted octanol–water partition coefficient (Wildman–Crippen LogP) is 3.42. The van der Waals surface area contributed by atoms with E-state index in [0.717, 1.165) is 23.2 Å². The molecule has 9 nitrogen and oxygen atoms in total. The van der Waals surface area contributed by atoms with E-state index in [1.54, 1.807) is 30.5 Å². The van der Waals surface area contributed by atoms with Crippen molar-refractivity contribution in [1.29, 1.82) is 0 Å². The first-order chi connectivity index (χ1) is 12.7. The second-order valence-electron chi connectivity index (χ2n) is 6.19. The number of hydrogen-bond donors (Lipinski definition) is 3. The Balaban J connectivity index is 1.50. The Bertz CT molecular complexity index is 1140. The summed E-state index contributed by atoms with van der Waals surface area (Å²) >= 11 is 0. The van der Waals surface area contributed by atoms with Crippen molar-refractivity contribution in [3.63, 3.8) is 0 Å². The van der Waals surface area contributed by atoms with Gasteiger partial charge in [-0.1, -0.05) is 0 Å². The number of furan rings is 1. The Kier molecular flexibility index (Phi) is 3.08. The Morgan fingerprint density at radius 3 is 2.96 bits per heavy atom. The molecule has 4 aromatic rings. The van der Waals surface area contributed by atoms with Gasteiger partial charge in [-0.3, -0.25) is 0 Å². The van der Waals surface area contributed by atoms with E-state index in [0.29, 0.717) is 39.8 Å². The molecular formula is C17H14N6O3. The van der Waals surface area contributed by atoms with E-state index in [4.69, 9.17) is 9.52 Å². The van der Waals surface area contributed by atoms with Crippen LogP contribution in [0.25, 0.3) is 22.0 Å². The summed E-state index contributed by atoms with van der Waals surface area (Å²) in [5, 5.41) is 20.2. The summed E-state index contributed by atoms with van der Waals surface area (Å²) in [6.07, 6.45) is 4.23. The molecule has 0 amide bonds. The molecule has 1 aliphatic carbocycles. The minimum absolute atomic E-state index is 0.434. The maximum absolute atomic E-state index is 11.1. The Hall–Kier alpha value is -3.62. The van der Waals surface area contributed by atoms with Crippen LogP contribution < -0.4 is 10.6 Å². The molecule has 1 aliphatic rings. The van der Waals surface area contributed by atoms with Crippen molar-refractivity contribution in [2.24, 2.45) is 0 Å². The molecule has 0 radical (unpaired) electrons. The maximum atomic E-state index is 11.1. The minimum atomic E-state index is -1.12. The van der Waals surface area contributed by atoms with Crippen LogP contribution in [0.15, 0.2) is 41.1 Å². The van der Waals surface area contributed by atoms with Crippen LogP contribution in [-0.4, -0.2) is 37.0 Å². The van der Waals surface area contributed by atoms with Crippen LogP contribution in [0.4, 0.5) is 22.2 Å². The number of anilines is 3. The number of hydrogen-bond acceptors (Lipinski definition) is 7. The zero-order chi connectivity index (χ0) is 17.7. The SMILES string of the molecule is O=C(O)n1ncc2cc(Nc3nc(NC4CC4)c4occc4n3)ccc21. The minimum Gasteiger partial charge on any atom is -0.463 e. The lowest BCUT2D eigenvalue weighted by molar-refractivity contribution is 0.194. The molecule has 3 heterocycles. The van der Waals surface area contributed by atoms with Crippen LogP contribution in [0.5, 0.6) is 0 Å². The third-order valence-electron chi connectivity index (χ3n) is 4.23. The van der Waals surface area contributed by atoms with Crippen LogP contribution in [0, 0.1) is 0 Å². The first-order valence-corrected chi connectivity index (χ1v) is 8.17. The summed E-state index contributed by atoms with van der Waals surface area (Å²) < 4.78 is 6.42. The van der Waals surface area contributed by atoms with Crippen molar-refractivity contribution in [1.82, 2.24) is 19.7 Å². The van der Waals surface area contributed by atoms with Gasteiger partial charge < -0.3 is 20.2 Å². The van der Waals surface area contributed by atoms with Gasteiger partial charge in [-0.15, -0.1) is 0 Å². The third-order valence-corrected chi connectivity index (χ3v) is 4.23. The lowest BCUT2D eigenvalue weighted by atomic mass is 10.2. The lowest BCUT2D eigenvalue weighted by Gasteiger charge is -2.09. The van der Waals surface area contributed by atoms with Gasteiger partial charge in [0.25, 0.3) is 0 Å². The average molecular weight is 350 g/mol. The molecule has 0 saturated heterocycles. The van der Waals surface area contributed by atoms with Gasteiger partial charge in [-0.25, -0.2) is 9.78 Å². The fraction of sp³-hybridized carbons (Fsp3) is 0.176. The van der Waals surface area contributed by atoms with Gasteiger partial charge in [-0.05, 0) is 31.0 Å². The number of fused-ring (bicyclic) bond motifs is 2. The van der Waals surface area contributed by atoms with E-state index >= 15 is 0 Å². The van der Waals surface area contributed by atoms with Crippen molar-refractivity contribution in [3.05, 3.63) is 36.7 Å². The van der Waals surface area contributed by atoms with E-state index in [9.17, 15) is 4.79 Å². The highest BCUT2D eigenvalue weighted by molar-refractivity contribution is 5.90. The zero-order valence-electron chi connectivity index (χ0n) is 13.5. The number of aromatic nitrogens is 4. The van der Waals surface area contributed by atoms with Gasteiger partial charge in [0, 0.05) is 23.2 Å². The molecule has 3 N–H and O–H groups in total. The second kappa shape index (κ2) is 5.45. The van der Waals surface area contributed by atoms with Crippen molar-refractivity contribution in [3.8, 4) is 0 Å². The summed E-state index contributed by atoms with van der Waals surface area (Å²) in [6.45, 7) is 0. The largest absolute Gasteiger partial charge is 0.463 e. The summed E-state index contributed by atoms with van der Waals surface area (Å²) in [4.78, 5) is 20.1. The molecule has 0 bridgehead atoms. The number of rotatable bonds is 4. The maximum Gasteiger partial charge on any atom is 0.432 e. The fourth-order valence-corrected chi connectivity index (χ4v) is 2.83. The summed E-state index contributed by atoms with van der Waals surface area (Å²) in [7, 11) is 0. The molecular weight excluding hydrogens is 336 g/mol. The quantitative estimate of drug-likeness (QED) is 0.512. The molecule has 5 rings (SSSR count). The van der Waals surface area contributed by atoms with E-state index in [-0.39, 0.29) is 0 Å². The van der Waals surface area contributed by atoms with Gasteiger partial charge in [0.1, 0.15) is 5.52 Å². The van der Waals surface area contributed by atoms with Gasteiger partial charge >= 0.3 is 6.09 Å². The van der Waals surface area contributed by atoms with Crippen LogP contribution in [0.2, 0.25) is 0 Å². The van der Waals surface area contributed by atoms with Crippen molar-refractivity contribution in [2.75, 3.05) is 10.6 Å². The van der Waals surface area contributed by atoms with Crippen LogP contribution >= 0.6 is 0 Å². The van der Waals surface area contributed by atoms with E-state index in [1.165, 1.54) is 6.20 Å². The van der Waals surface area contributed by atoms with Crippen LogP contribution in [0.1, 0.15) is 12.8 Å². The first-order valence-electron chi connectivity index (χ1n) is 8.17. The van der Waals surface area contributed by atoms with Gasteiger partial charge in [0.05, 0.1) is 18.0 Å². The predicted molar refractivity (Wildman–Crippen MR) is 94.9 cm³/mol. The van der Waals surface area contributed by atoms with Crippen molar-refractivity contribution < 1.29 is 14.3 Å². The Morgan fingerprint density at radius 1 is 1.27 bits per heavy atom. The molecule has 0 atom stereocenters. The molecule has 1 aromatic carbocycles. The van der Waals surface area contributed by atoms with Crippen molar-refractivity contribution >= 4 is 45.5 Å². The molecule has 130 valence electrons. The molecule has 9 heteroatoms. The molecule has 1 fully saturated rings. The Morgan fingerprint density at radius 2 is 2.15 bits per heavy atom. The topological polar surface area (TPSA) is 118 Å².